The second kappa shape index (κ2) is 12.1. The van der Waals surface area contributed by atoms with Gasteiger partial charge in [0.2, 0.25) is 5.91 Å². The maximum atomic E-state index is 17.2. The molecule has 4 aromatic rings. The topological polar surface area (TPSA) is 112 Å². The Balaban J connectivity index is 1.16. The lowest BCUT2D eigenvalue weighted by Gasteiger charge is -2.51. The first-order valence-corrected chi connectivity index (χ1v) is 18.9. The number of alkyl halides is 1. The van der Waals surface area contributed by atoms with E-state index in [1.165, 1.54) is 12.1 Å². The third kappa shape index (κ3) is 5.39. The Kier molecular flexibility index (Phi) is 7.83. The molecule has 9 nitrogen and oxygen atoms in total. The number of ether oxygens (including phenoxy) is 1. The van der Waals surface area contributed by atoms with E-state index in [9.17, 15) is 18.8 Å². The second-order valence-corrected chi connectivity index (χ2v) is 16.7. The van der Waals surface area contributed by atoms with E-state index in [2.05, 4.69) is 14.8 Å². The van der Waals surface area contributed by atoms with Crippen LogP contribution in [0.2, 0.25) is 5.02 Å². The van der Waals surface area contributed by atoms with Gasteiger partial charge < -0.3 is 20.3 Å². The normalized spacial score (nSPS) is 24.6. The maximum absolute atomic E-state index is 17.2. The zero-order valence-electron chi connectivity index (χ0n) is 28.0. The summed E-state index contributed by atoms with van der Waals surface area (Å²) in [6.07, 6.45) is 5.92. The molecule has 0 unspecified atom stereocenters. The first-order valence-electron chi connectivity index (χ1n) is 17.7. The van der Waals surface area contributed by atoms with E-state index in [1.807, 2.05) is 11.0 Å². The number of aromatic nitrogens is 2. The molecule has 266 valence electrons. The molecule has 4 saturated heterocycles. The molecule has 2 N–H and O–H groups in total. The number of nitrogens with zero attached hydrogens (tertiary/aromatic N) is 6. The highest BCUT2D eigenvalue weighted by Gasteiger charge is 2.51. The number of fused-ring (bicyclic) bond motifs is 3. The highest BCUT2D eigenvalue weighted by molar-refractivity contribution is 7.23. The molecule has 2 atom stereocenters. The van der Waals surface area contributed by atoms with E-state index in [0.29, 0.717) is 50.3 Å². The number of thiophene rings is 1. The number of amides is 1. The highest BCUT2D eigenvalue weighted by Crippen LogP contribution is 2.48. The Bertz CT molecular complexity index is 2150. The van der Waals surface area contributed by atoms with Crippen molar-refractivity contribution in [1.29, 1.82) is 5.26 Å². The molecule has 1 amide bonds. The van der Waals surface area contributed by atoms with Crippen molar-refractivity contribution in [3.8, 4) is 23.2 Å². The molecule has 1 aliphatic carbocycles. The summed E-state index contributed by atoms with van der Waals surface area (Å²) in [7, 11) is 0. The second-order valence-electron chi connectivity index (χ2n) is 15.2. The number of nitrogens with two attached hydrogens (primary N) is 1. The van der Waals surface area contributed by atoms with Gasteiger partial charge in [-0.25, -0.2) is 13.2 Å². The molecular weight excluding hydrogens is 699 g/mol. The van der Waals surface area contributed by atoms with Gasteiger partial charge in [-0.3, -0.25) is 9.69 Å². The maximum Gasteiger partial charge on any atom is 0.319 e. The van der Waals surface area contributed by atoms with E-state index in [-0.39, 0.29) is 72.2 Å². The van der Waals surface area contributed by atoms with Crippen molar-refractivity contribution in [2.24, 2.45) is 11.3 Å². The number of nitriles is 1. The molecule has 2 aromatic carbocycles. The molecule has 4 aliphatic heterocycles. The summed E-state index contributed by atoms with van der Waals surface area (Å²) >= 11 is 7.87. The van der Waals surface area contributed by atoms with Crippen LogP contribution in [-0.4, -0.2) is 83.3 Å². The molecule has 1 saturated carbocycles. The average Bonchev–Trinajstić information content (AvgIpc) is 3.75. The molecule has 2 aromatic heterocycles. The summed E-state index contributed by atoms with van der Waals surface area (Å²) < 4.78 is 53.3. The van der Waals surface area contributed by atoms with E-state index >= 15 is 4.39 Å². The molecule has 0 bridgehead atoms. The molecule has 9 rings (SSSR count). The number of carbonyl (C=O) groups excluding carboxylic acids is 1. The Morgan fingerprint density at radius 2 is 1.96 bits per heavy atom. The molecular formula is C37H37ClF3N7O2S. The van der Waals surface area contributed by atoms with Gasteiger partial charge in [0, 0.05) is 66.8 Å². The van der Waals surface area contributed by atoms with E-state index in [0.717, 1.165) is 62.8 Å². The van der Waals surface area contributed by atoms with Gasteiger partial charge in [-0.15, -0.1) is 11.3 Å². The minimum atomic E-state index is -0.941. The number of nitrogen functional groups attached to an aromatic ring is 1. The van der Waals surface area contributed by atoms with Gasteiger partial charge in [0.05, 0.1) is 20.8 Å². The molecule has 1 spiro atoms. The van der Waals surface area contributed by atoms with Crippen molar-refractivity contribution in [3.05, 3.63) is 40.4 Å². The predicted octanol–water partition coefficient (Wildman–Crippen LogP) is 7.08. The van der Waals surface area contributed by atoms with Gasteiger partial charge in [-0.1, -0.05) is 24.1 Å². The Morgan fingerprint density at radius 1 is 1.14 bits per heavy atom. The fraction of sp³-hybridized carbons (Fsp3) is 0.514. The zero-order chi connectivity index (χ0) is 35.2. The van der Waals surface area contributed by atoms with Crippen LogP contribution in [0.15, 0.2) is 18.2 Å². The monoisotopic (exact) mass is 735 g/mol. The lowest BCUT2D eigenvalue weighted by Crippen LogP contribution is -2.62. The molecule has 5 fully saturated rings. The van der Waals surface area contributed by atoms with Crippen LogP contribution in [0, 0.1) is 34.3 Å². The fourth-order valence-electron chi connectivity index (χ4n) is 9.18. The minimum Gasteiger partial charge on any atom is -0.461 e. The van der Waals surface area contributed by atoms with Gasteiger partial charge in [-0.2, -0.15) is 15.2 Å². The van der Waals surface area contributed by atoms with Gasteiger partial charge in [0.25, 0.3) is 0 Å². The summed E-state index contributed by atoms with van der Waals surface area (Å²) in [5.41, 5.74) is 5.75. The van der Waals surface area contributed by atoms with E-state index in [4.69, 9.17) is 27.1 Å². The van der Waals surface area contributed by atoms with Crippen molar-refractivity contribution in [2.75, 3.05) is 56.5 Å². The number of anilines is 2. The quantitative estimate of drug-likeness (QED) is 0.224. The van der Waals surface area contributed by atoms with Gasteiger partial charge in [0.1, 0.15) is 41.0 Å². The number of rotatable bonds is 6. The third-order valence-electron chi connectivity index (χ3n) is 11.8. The van der Waals surface area contributed by atoms with Crippen molar-refractivity contribution in [3.63, 3.8) is 0 Å². The summed E-state index contributed by atoms with van der Waals surface area (Å²) in [4.78, 5) is 28.7. The first kappa shape index (κ1) is 33.0. The molecule has 6 heterocycles. The highest BCUT2D eigenvalue weighted by atomic mass is 35.5. The summed E-state index contributed by atoms with van der Waals surface area (Å²) in [5.74, 6) is -0.449. The van der Waals surface area contributed by atoms with Crippen LogP contribution in [0.25, 0.3) is 32.1 Å². The molecule has 0 radical (unpaired) electrons. The average molecular weight is 736 g/mol. The number of carbonyl (C=O) groups is 1. The third-order valence-corrected chi connectivity index (χ3v) is 13.1. The van der Waals surface area contributed by atoms with Gasteiger partial charge >= 0.3 is 6.01 Å². The van der Waals surface area contributed by atoms with E-state index < -0.39 is 23.3 Å². The lowest BCUT2D eigenvalue weighted by atomic mass is 9.75. The number of hydrogen-bond acceptors (Lipinski definition) is 9. The minimum absolute atomic E-state index is 0.0209. The fourth-order valence-corrected chi connectivity index (χ4v) is 10.4. The smallest absolute Gasteiger partial charge is 0.319 e. The SMILES string of the molecule is N#Cc1c(N)sc2c(F)ccc(-c3c(Cl)cc4c(N5CCCCC6(CN(C(=O)C7CC7)C6)C5)nc(OC[C@@]56CCCN5C[C@H](F)C6)nc4c3F)c12. The van der Waals surface area contributed by atoms with Crippen LogP contribution in [-0.2, 0) is 4.79 Å². The van der Waals surface area contributed by atoms with Gasteiger partial charge in [-0.05, 0) is 62.8 Å². The molecule has 51 heavy (non-hydrogen) atoms. The van der Waals surface area contributed by atoms with Crippen molar-refractivity contribution >= 4 is 60.7 Å². The number of halogens is 4. The van der Waals surface area contributed by atoms with Crippen LogP contribution < -0.4 is 15.4 Å². The zero-order valence-corrected chi connectivity index (χ0v) is 29.6. The lowest BCUT2D eigenvalue weighted by molar-refractivity contribution is -0.144. The van der Waals surface area contributed by atoms with E-state index in [1.54, 1.807) is 6.07 Å². The number of hydrogen-bond donors (Lipinski definition) is 1. The van der Waals surface area contributed by atoms with Crippen molar-refractivity contribution in [2.45, 2.75) is 63.1 Å². The van der Waals surface area contributed by atoms with Crippen molar-refractivity contribution in [1.82, 2.24) is 19.8 Å². The molecule has 14 heteroatoms. The Morgan fingerprint density at radius 3 is 2.75 bits per heavy atom. The van der Waals surface area contributed by atoms with Crippen LogP contribution >= 0.6 is 22.9 Å². The summed E-state index contributed by atoms with van der Waals surface area (Å²) in [5, 5.41) is 10.7. The first-order chi connectivity index (χ1) is 24.6. The largest absolute Gasteiger partial charge is 0.461 e. The summed E-state index contributed by atoms with van der Waals surface area (Å²) in [6, 6.07) is 6.28. The van der Waals surface area contributed by atoms with Crippen LogP contribution in [0.3, 0.4) is 0 Å². The van der Waals surface area contributed by atoms with Crippen LogP contribution in [0.5, 0.6) is 6.01 Å². The van der Waals surface area contributed by atoms with Gasteiger partial charge in [0.15, 0.2) is 5.82 Å². The number of benzene rings is 2. The van der Waals surface area contributed by atoms with Crippen LogP contribution in [0.1, 0.15) is 56.9 Å². The number of likely N-dealkylation sites (tertiary alicyclic amines) is 1. The summed E-state index contributed by atoms with van der Waals surface area (Å²) in [6.45, 7) is 3.96. The Hall–Kier alpha value is -3.86. The van der Waals surface area contributed by atoms with Crippen LogP contribution in [0.4, 0.5) is 24.0 Å². The Labute approximate surface area is 302 Å². The van der Waals surface area contributed by atoms with Crippen molar-refractivity contribution < 1.29 is 22.7 Å². The molecule has 5 aliphatic rings. The predicted molar refractivity (Wildman–Crippen MR) is 191 cm³/mol. The standard InChI is InChI=1S/C37H37ClF3N7O2S/c38-25-12-23-30(29(41)28(25)22-6-7-26(40)31-27(22)24(14-42)32(43)51-31)44-35(50-19-37-9-3-11-48(37)15-21(39)13-37)45-33(23)46-10-2-1-8-36(16-46)17-47(18-36)34(49)20-4-5-20/h6-7,12,20-21H,1-5,8-11,13,15-19,43H2/t21-,37+/m1/s1.